The first kappa shape index (κ1) is 13.4. The van der Waals surface area contributed by atoms with Crippen molar-refractivity contribution in [1.82, 2.24) is 9.80 Å². The summed E-state index contributed by atoms with van der Waals surface area (Å²) in [6.07, 6.45) is 1.66. The Hall–Kier alpha value is -1.07. The molecule has 1 aromatic heterocycles. The van der Waals surface area contributed by atoms with Gasteiger partial charge in [0.15, 0.2) is 0 Å². The highest BCUT2D eigenvalue weighted by Gasteiger charge is 2.22. The summed E-state index contributed by atoms with van der Waals surface area (Å²) >= 11 is 1.72. The molecular weight excluding hydrogens is 248 g/mol. The van der Waals surface area contributed by atoms with Crippen LogP contribution in [0.1, 0.15) is 16.9 Å². The lowest BCUT2D eigenvalue weighted by Gasteiger charge is -2.26. The van der Waals surface area contributed by atoms with Gasteiger partial charge in [0.05, 0.1) is 13.2 Å². The highest BCUT2D eigenvalue weighted by atomic mass is 32.1. The normalized spacial score (nSPS) is 14.7. The Bertz CT molecular complexity index is 403. The zero-order valence-electron chi connectivity index (χ0n) is 11.0. The van der Waals surface area contributed by atoms with Crippen LogP contribution in [-0.2, 0) is 17.7 Å². The molecule has 0 bridgehead atoms. The maximum absolute atomic E-state index is 11.9. The van der Waals surface area contributed by atoms with Crippen molar-refractivity contribution in [3.8, 4) is 0 Å². The van der Waals surface area contributed by atoms with Crippen LogP contribution in [0.3, 0.4) is 0 Å². The van der Waals surface area contributed by atoms with E-state index in [1.807, 2.05) is 14.1 Å². The summed E-state index contributed by atoms with van der Waals surface area (Å²) in [5.74, 6) is 0. The molecule has 0 aromatic carbocycles. The SMILES string of the molecule is CN(C)CCCOC(=O)N1CCc2ccsc2C1. The van der Waals surface area contributed by atoms with E-state index in [2.05, 4.69) is 16.3 Å². The third-order valence-corrected chi connectivity index (χ3v) is 4.00. The fourth-order valence-corrected chi connectivity index (χ4v) is 2.97. The number of amides is 1. The van der Waals surface area contributed by atoms with Gasteiger partial charge in [-0.15, -0.1) is 11.3 Å². The fourth-order valence-electron chi connectivity index (χ4n) is 2.02. The molecule has 18 heavy (non-hydrogen) atoms. The van der Waals surface area contributed by atoms with Crippen LogP contribution in [0.2, 0.25) is 0 Å². The van der Waals surface area contributed by atoms with Crippen LogP contribution in [-0.4, -0.2) is 49.7 Å². The fraction of sp³-hybridized carbons (Fsp3) is 0.615. The molecule has 100 valence electrons. The summed E-state index contributed by atoms with van der Waals surface area (Å²) in [6, 6.07) is 2.15. The number of carbonyl (C=O) groups is 1. The molecule has 0 radical (unpaired) electrons. The molecule has 1 aromatic rings. The molecule has 0 unspecified atom stereocenters. The van der Waals surface area contributed by atoms with Gasteiger partial charge in [0.2, 0.25) is 0 Å². The molecule has 0 N–H and O–H groups in total. The van der Waals surface area contributed by atoms with Crippen LogP contribution in [0.5, 0.6) is 0 Å². The van der Waals surface area contributed by atoms with E-state index in [0.29, 0.717) is 13.2 Å². The summed E-state index contributed by atoms with van der Waals surface area (Å²) in [5, 5.41) is 2.09. The summed E-state index contributed by atoms with van der Waals surface area (Å²) in [6.45, 7) is 2.93. The van der Waals surface area contributed by atoms with Crippen molar-refractivity contribution in [2.75, 3.05) is 33.8 Å². The molecule has 5 heteroatoms. The molecule has 1 aliphatic rings. The summed E-state index contributed by atoms with van der Waals surface area (Å²) in [5.41, 5.74) is 1.39. The molecular formula is C13H20N2O2S. The van der Waals surface area contributed by atoms with Crippen molar-refractivity contribution < 1.29 is 9.53 Å². The van der Waals surface area contributed by atoms with Crippen LogP contribution in [0, 0.1) is 0 Å². The first-order valence-corrected chi connectivity index (χ1v) is 7.16. The number of thiophene rings is 1. The quantitative estimate of drug-likeness (QED) is 0.785. The number of hydrogen-bond acceptors (Lipinski definition) is 4. The van der Waals surface area contributed by atoms with E-state index in [1.54, 1.807) is 16.2 Å². The summed E-state index contributed by atoms with van der Waals surface area (Å²) in [7, 11) is 4.04. The minimum atomic E-state index is -0.173. The van der Waals surface area contributed by atoms with Crippen molar-refractivity contribution in [1.29, 1.82) is 0 Å². The van der Waals surface area contributed by atoms with Gasteiger partial charge >= 0.3 is 6.09 Å². The number of rotatable bonds is 4. The zero-order chi connectivity index (χ0) is 13.0. The Labute approximate surface area is 112 Å². The molecule has 0 atom stereocenters. The van der Waals surface area contributed by atoms with E-state index in [-0.39, 0.29) is 6.09 Å². The van der Waals surface area contributed by atoms with Gasteiger partial charge < -0.3 is 14.5 Å². The van der Waals surface area contributed by atoms with E-state index in [0.717, 1.165) is 25.9 Å². The minimum Gasteiger partial charge on any atom is -0.449 e. The average Bonchev–Trinajstić information content (AvgIpc) is 2.81. The second-order valence-electron chi connectivity index (χ2n) is 4.81. The molecule has 0 saturated heterocycles. The average molecular weight is 268 g/mol. The molecule has 1 amide bonds. The zero-order valence-corrected chi connectivity index (χ0v) is 11.8. The van der Waals surface area contributed by atoms with Crippen LogP contribution in [0.15, 0.2) is 11.4 Å². The Morgan fingerprint density at radius 1 is 1.56 bits per heavy atom. The number of hydrogen-bond donors (Lipinski definition) is 0. The first-order valence-electron chi connectivity index (χ1n) is 6.28. The number of carbonyl (C=O) groups excluding carboxylic acids is 1. The van der Waals surface area contributed by atoms with Crippen molar-refractivity contribution in [3.63, 3.8) is 0 Å². The number of fused-ring (bicyclic) bond motifs is 1. The second kappa shape index (κ2) is 6.20. The molecule has 4 nitrogen and oxygen atoms in total. The second-order valence-corrected chi connectivity index (χ2v) is 5.81. The van der Waals surface area contributed by atoms with Gasteiger partial charge in [0, 0.05) is 18.0 Å². The number of ether oxygens (including phenoxy) is 1. The predicted molar refractivity (Wildman–Crippen MR) is 73.0 cm³/mol. The minimum absolute atomic E-state index is 0.173. The third-order valence-electron chi connectivity index (χ3n) is 3.06. The molecule has 2 rings (SSSR count). The standard InChI is InChI=1S/C13H20N2O2S/c1-14(2)6-3-8-17-13(16)15-7-4-11-5-9-18-12(11)10-15/h5,9H,3-4,6-8,10H2,1-2H3. The van der Waals surface area contributed by atoms with Crippen molar-refractivity contribution >= 4 is 17.4 Å². The third kappa shape index (κ3) is 3.46. The van der Waals surface area contributed by atoms with Crippen LogP contribution in [0.25, 0.3) is 0 Å². The van der Waals surface area contributed by atoms with Gasteiger partial charge in [-0.25, -0.2) is 4.79 Å². The summed E-state index contributed by atoms with van der Waals surface area (Å²) in [4.78, 5) is 17.1. The van der Waals surface area contributed by atoms with E-state index < -0.39 is 0 Å². The van der Waals surface area contributed by atoms with Crippen LogP contribution in [0.4, 0.5) is 4.79 Å². The van der Waals surface area contributed by atoms with Gasteiger partial charge in [-0.2, -0.15) is 0 Å². The van der Waals surface area contributed by atoms with Gasteiger partial charge in [-0.1, -0.05) is 0 Å². The predicted octanol–water partition coefficient (Wildman–Crippen LogP) is 2.19. The lowest BCUT2D eigenvalue weighted by Crippen LogP contribution is -2.36. The molecule has 0 fully saturated rings. The molecule has 0 aliphatic carbocycles. The van der Waals surface area contributed by atoms with E-state index >= 15 is 0 Å². The maximum atomic E-state index is 11.9. The maximum Gasteiger partial charge on any atom is 0.410 e. The Balaban J connectivity index is 1.74. The highest BCUT2D eigenvalue weighted by Crippen LogP contribution is 2.24. The topological polar surface area (TPSA) is 32.8 Å². The molecule has 0 saturated carbocycles. The van der Waals surface area contributed by atoms with Crippen molar-refractivity contribution in [2.24, 2.45) is 0 Å². The Morgan fingerprint density at radius 2 is 2.39 bits per heavy atom. The Kier molecular flexibility index (Phi) is 4.60. The largest absolute Gasteiger partial charge is 0.449 e. The van der Waals surface area contributed by atoms with Crippen molar-refractivity contribution in [2.45, 2.75) is 19.4 Å². The van der Waals surface area contributed by atoms with Gasteiger partial charge in [0.1, 0.15) is 0 Å². The van der Waals surface area contributed by atoms with Crippen molar-refractivity contribution in [3.05, 3.63) is 21.9 Å². The first-order chi connectivity index (χ1) is 8.66. The lowest BCUT2D eigenvalue weighted by molar-refractivity contribution is 0.0953. The highest BCUT2D eigenvalue weighted by molar-refractivity contribution is 7.10. The molecule has 1 aliphatic heterocycles. The molecule has 0 spiro atoms. The van der Waals surface area contributed by atoms with Crippen LogP contribution < -0.4 is 0 Å². The molecule has 2 heterocycles. The summed E-state index contributed by atoms with van der Waals surface area (Å²) < 4.78 is 5.29. The number of nitrogens with zero attached hydrogens (tertiary/aromatic N) is 2. The Morgan fingerprint density at radius 3 is 3.17 bits per heavy atom. The lowest BCUT2D eigenvalue weighted by atomic mass is 10.1. The monoisotopic (exact) mass is 268 g/mol. The van der Waals surface area contributed by atoms with E-state index in [9.17, 15) is 4.79 Å². The van der Waals surface area contributed by atoms with Gasteiger partial charge in [-0.3, -0.25) is 0 Å². The smallest absolute Gasteiger partial charge is 0.410 e. The van der Waals surface area contributed by atoms with E-state index in [1.165, 1.54) is 10.4 Å². The van der Waals surface area contributed by atoms with E-state index in [4.69, 9.17) is 4.74 Å². The van der Waals surface area contributed by atoms with Crippen LogP contribution >= 0.6 is 11.3 Å². The van der Waals surface area contributed by atoms with Gasteiger partial charge in [-0.05, 0) is 43.9 Å². The van der Waals surface area contributed by atoms with Gasteiger partial charge in [0.25, 0.3) is 0 Å².